The minimum absolute atomic E-state index is 0.588. The van der Waals surface area contributed by atoms with E-state index >= 15 is 0 Å². The summed E-state index contributed by atoms with van der Waals surface area (Å²) in [5, 5.41) is 2.34. The molecular formula is C39H26N4. The van der Waals surface area contributed by atoms with Gasteiger partial charge in [-0.3, -0.25) is 4.57 Å². The third kappa shape index (κ3) is 4.46. The highest BCUT2D eigenvalue weighted by Crippen LogP contribution is 2.38. The molecule has 2 heterocycles. The minimum atomic E-state index is 0.588. The SMILES string of the molecule is c1ccc(-c2cccc(-c3nc(-c4ccccc4)nc(-n4c5ccccc5c5c(-c6ccccc6)cccc54)n3)c2)cc1. The van der Waals surface area contributed by atoms with Crippen molar-refractivity contribution < 1.29 is 0 Å². The van der Waals surface area contributed by atoms with Crippen LogP contribution in [0.5, 0.6) is 0 Å². The Hall–Kier alpha value is -5.87. The molecule has 4 heteroatoms. The molecule has 4 nitrogen and oxygen atoms in total. The molecule has 0 unspecified atom stereocenters. The van der Waals surface area contributed by atoms with E-state index in [0.717, 1.165) is 38.7 Å². The highest BCUT2D eigenvalue weighted by Gasteiger charge is 2.19. The number of fused-ring (bicyclic) bond motifs is 3. The van der Waals surface area contributed by atoms with E-state index in [9.17, 15) is 0 Å². The second-order valence-electron chi connectivity index (χ2n) is 10.5. The van der Waals surface area contributed by atoms with Gasteiger partial charge >= 0.3 is 0 Å². The molecule has 2 aromatic heterocycles. The van der Waals surface area contributed by atoms with Crippen LogP contribution in [0, 0.1) is 0 Å². The first-order valence-corrected chi connectivity index (χ1v) is 14.4. The summed E-state index contributed by atoms with van der Waals surface area (Å²) in [6.07, 6.45) is 0. The van der Waals surface area contributed by atoms with Gasteiger partial charge in [-0.1, -0.05) is 140 Å². The second-order valence-corrected chi connectivity index (χ2v) is 10.5. The predicted octanol–water partition coefficient (Wildman–Crippen LogP) is 9.64. The Morgan fingerprint density at radius 1 is 0.372 bits per heavy atom. The van der Waals surface area contributed by atoms with E-state index in [1.54, 1.807) is 0 Å². The monoisotopic (exact) mass is 550 g/mol. The molecule has 0 N–H and O–H groups in total. The van der Waals surface area contributed by atoms with Crippen LogP contribution in [-0.4, -0.2) is 19.5 Å². The van der Waals surface area contributed by atoms with Gasteiger partial charge < -0.3 is 0 Å². The number of rotatable bonds is 5. The summed E-state index contributed by atoms with van der Waals surface area (Å²) in [4.78, 5) is 15.3. The lowest BCUT2D eigenvalue weighted by Gasteiger charge is -2.12. The number of nitrogens with zero attached hydrogens (tertiary/aromatic N) is 4. The summed E-state index contributed by atoms with van der Waals surface area (Å²) < 4.78 is 2.18. The van der Waals surface area contributed by atoms with Crippen LogP contribution in [0.2, 0.25) is 0 Å². The van der Waals surface area contributed by atoms with Crippen molar-refractivity contribution in [1.29, 1.82) is 0 Å². The lowest BCUT2D eigenvalue weighted by atomic mass is 9.99. The van der Waals surface area contributed by atoms with Crippen LogP contribution in [0.15, 0.2) is 158 Å². The molecule has 43 heavy (non-hydrogen) atoms. The summed E-state index contributed by atoms with van der Waals surface area (Å²) in [7, 11) is 0. The molecule has 6 aromatic carbocycles. The van der Waals surface area contributed by atoms with E-state index in [4.69, 9.17) is 15.0 Å². The van der Waals surface area contributed by atoms with Gasteiger partial charge in [-0.2, -0.15) is 9.97 Å². The Kier molecular flexibility index (Phi) is 6.08. The average molecular weight is 551 g/mol. The molecule has 0 aliphatic rings. The fraction of sp³-hybridized carbons (Fsp3) is 0. The van der Waals surface area contributed by atoms with Gasteiger partial charge in [-0.25, -0.2) is 4.98 Å². The van der Waals surface area contributed by atoms with Crippen molar-refractivity contribution in [3.05, 3.63) is 158 Å². The van der Waals surface area contributed by atoms with E-state index in [-0.39, 0.29) is 0 Å². The van der Waals surface area contributed by atoms with Crippen molar-refractivity contribution in [3.8, 4) is 51.0 Å². The van der Waals surface area contributed by atoms with E-state index in [1.807, 2.05) is 36.4 Å². The van der Waals surface area contributed by atoms with Gasteiger partial charge in [-0.15, -0.1) is 0 Å². The zero-order valence-electron chi connectivity index (χ0n) is 23.3. The molecule has 0 spiro atoms. The summed E-state index contributed by atoms with van der Waals surface area (Å²) in [5.41, 5.74) is 8.61. The molecule has 0 bridgehead atoms. The van der Waals surface area contributed by atoms with Crippen molar-refractivity contribution >= 4 is 21.8 Å². The maximum Gasteiger partial charge on any atom is 0.238 e. The Bertz CT molecular complexity index is 2220. The summed E-state index contributed by atoms with van der Waals surface area (Å²) >= 11 is 0. The van der Waals surface area contributed by atoms with Gasteiger partial charge in [0.15, 0.2) is 11.6 Å². The number of benzene rings is 6. The molecule has 0 atom stereocenters. The van der Waals surface area contributed by atoms with E-state index in [1.165, 1.54) is 16.5 Å². The Labute approximate surface area is 249 Å². The molecule has 0 saturated heterocycles. The van der Waals surface area contributed by atoms with Crippen molar-refractivity contribution in [2.75, 3.05) is 0 Å². The van der Waals surface area contributed by atoms with Crippen LogP contribution in [0.1, 0.15) is 0 Å². The standard InChI is InChI=1S/C39H26N4/c1-4-14-27(15-5-1)30-20-12-21-31(26-30)38-40-37(29-18-8-3-9-19-29)41-39(42-38)43-34-24-11-10-22-33(34)36-32(23-13-25-35(36)43)28-16-6-2-7-17-28/h1-26H. The second kappa shape index (κ2) is 10.5. The summed E-state index contributed by atoms with van der Waals surface area (Å²) in [6.45, 7) is 0. The Morgan fingerprint density at radius 3 is 1.65 bits per heavy atom. The molecule has 0 fully saturated rings. The number of hydrogen-bond acceptors (Lipinski definition) is 3. The zero-order valence-corrected chi connectivity index (χ0v) is 23.3. The fourth-order valence-electron chi connectivity index (χ4n) is 5.87. The molecule has 0 saturated carbocycles. The Balaban J connectivity index is 1.40. The minimum Gasteiger partial charge on any atom is -0.278 e. The first-order valence-electron chi connectivity index (χ1n) is 14.4. The van der Waals surface area contributed by atoms with E-state index < -0.39 is 0 Å². The third-order valence-electron chi connectivity index (χ3n) is 7.87. The Morgan fingerprint density at radius 2 is 0.907 bits per heavy atom. The molecule has 0 amide bonds. The summed E-state index contributed by atoms with van der Waals surface area (Å²) in [5.74, 6) is 1.85. The lowest BCUT2D eigenvalue weighted by Crippen LogP contribution is -2.06. The van der Waals surface area contributed by atoms with Crippen molar-refractivity contribution in [3.63, 3.8) is 0 Å². The molecule has 0 aliphatic carbocycles. The van der Waals surface area contributed by atoms with Crippen LogP contribution in [-0.2, 0) is 0 Å². The zero-order chi connectivity index (χ0) is 28.6. The van der Waals surface area contributed by atoms with Crippen LogP contribution >= 0.6 is 0 Å². The smallest absolute Gasteiger partial charge is 0.238 e. The largest absolute Gasteiger partial charge is 0.278 e. The summed E-state index contributed by atoms with van der Waals surface area (Å²) in [6, 6.07) is 54.4. The average Bonchev–Trinajstić information content (AvgIpc) is 3.44. The highest BCUT2D eigenvalue weighted by molar-refractivity contribution is 6.15. The van der Waals surface area contributed by atoms with Crippen LogP contribution < -0.4 is 0 Å². The maximum absolute atomic E-state index is 5.15. The van der Waals surface area contributed by atoms with Gasteiger partial charge in [0.2, 0.25) is 5.95 Å². The highest BCUT2D eigenvalue weighted by atomic mass is 15.2. The third-order valence-corrected chi connectivity index (χ3v) is 7.87. The molecule has 0 radical (unpaired) electrons. The van der Waals surface area contributed by atoms with E-state index in [2.05, 4.69) is 126 Å². The van der Waals surface area contributed by atoms with Crippen molar-refractivity contribution in [2.24, 2.45) is 0 Å². The number of aromatic nitrogens is 4. The van der Waals surface area contributed by atoms with E-state index in [0.29, 0.717) is 17.6 Å². The first kappa shape index (κ1) is 24.9. The fourth-order valence-corrected chi connectivity index (χ4v) is 5.87. The molecule has 8 rings (SSSR count). The molecular weight excluding hydrogens is 524 g/mol. The van der Waals surface area contributed by atoms with Gasteiger partial charge in [0.05, 0.1) is 11.0 Å². The molecule has 0 aliphatic heterocycles. The lowest BCUT2D eigenvalue weighted by molar-refractivity contribution is 0.953. The van der Waals surface area contributed by atoms with Crippen molar-refractivity contribution in [2.45, 2.75) is 0 Å². The van der Waals surface area contributed by atoms with Crippen LogP contribution in [0.3, 0.4) is 0 Å². The topological polar surface area (TPSA) is 43.6 Å². The van der Waals surface area contributed by atoms with Gasteiger partial charge in [0.25, 0.3) is 0 Å². The predicted molar refractivity (Wildman–Crippen MR) is 176 cm³/mol. The van der Waals surface area contributed by atoms with Gasteiger partial charge in [0.1, 0.15) is 0 Å². The molecule has 202 valence electrons. The number of hydrogen-bond donors (Lipinski definition) is 0. The number of para-hydroxylation sites is 1. The van der Waals surface area contributed by atoms with Gasteiger partial charge in [-0.05, 0) is 40.5 Å². The molecule has 8 aromatic rings. The maximum atomic E-state index is 5.15. The van der Waals surface area contributed by atoms with Crippen molar-refractivity contribution in [1.82, 2.24) is 19.5 Å². The normalized spacial score (nSPS) is 11.3. The van der Waals surface area contributed by atoms with Crippen LogP contribution in [0.25, 0.3) is 72.8 Å². The first-order chi connectivity index (χ1) is 21.3. The quantitative estimate of drug-likeness (QED) is 0.214. The van der Waals surface area contributed by atoms with Crippen LogP contribution in [0.4, 0.5) is 0 Å². The van der Waals surface area contributed by atoms with Gasteiger partial charge in [0, 0.05) is 21.9 Å².